The predicted molar refractivity (Wildman–Crippen MR) is 76.4 cm³/mol. The molecule has 1 aliphatic heterocycles. The predicted octanol–water partition coefficient (Wildman–Crippen LogP) is 3.41. The molecule has 1 aromatic rings. The van der Waals surface area contributed by atoms with E-state index in [4.69, 9.17) is 0 Å². The summed E-state index contributed by atoms with van der Waals surface area (Å²) in [5.74, 6) is 1.41. The molecule has 2 atom stereocenters. The first-order valence-electron chi connectivity index (χ1n) is 7.26. The van der Waals surface area contributed by atoms with Gasteiger partial charge in [-0.15, -0.1) is 0 Å². The lowest BCUT2D eigenvalue weighted by atomic mass is 9.89. The van der Waals surface area contributed by atoms with Crippen molar-refractivity contribution in [2.24, 2.45) is 11.8 Å². The van der Waals surface area contributed by atoms with E-state index in [1.165, 1.54) is 0 Å². The molecule has 21 heavy (non-hydrogen) atoms. The maximum Gasteiger partial charge on any atom is 0.433 e. The molecule has 0 saturated carbocycles. The molecule has 1 saturated heterocycles. The van der Waals surface area contributed by atoms with Crippen LogP contribution in [0.5, 0.6) is 0 Å². The Labute approximate surface area is 122 Å². The van der Waals surface area contributed by atoms with Gasteiger partial charge >= 0.3 is 6.18 Å². The highest BCUT2D eigenvalue weighted by molar-refractivity contribution is 5.46. The highest BCUT2D eigenvalue weighted by Gasteiger charge is 2.35. The molecule has 118 valence electrons. The molecule has 0 spiro atoms. The second-order valence-corrected chi connectivity index (χ2v) is 5.65. The number of rotatable bonds is 3. The second kappa shape index (κ2) is 6.07. The fourth-order valence-electron chi connectivity index (χ4n) is 2.45. The first-order valence-corrected chi connectivity index (χ1v) is 7.26. The number of halogens is 3. The average Bonchev–Trinajstić information content (AvgIpc) is 2.41. The molecule has 0 bridgehead atoms. The van der Waals surface area contributed by atoms with Crippen molar-refractivity contribution in [3.05, 3.63) is 11.8 Å². The summed E-state index contributed by atoms with van der Waals surface area (Å²) < 4.78 is 38.9. The number of alkyl halides is 3. The van der Waals surface area contributed by atoms with E-state index in [2.05, 4.69) is 29.1 Å². The van der Waals surface area contributed by atoms with E-state index in [-0.39, 0.29) is 5.95 Å². The van der Waals surface area contributed by atoms with Crippen LogP contribution in [0.2, 0.25) is 0 Å². The molecule has 0 amide bonds. The molecule has 2 heterocycles. The highest BCUT2D eigenvalue weighted by Crippen LogP contribution is 2.32. The van der Waals surface area contributed by atoms with Crippen LogP contribution in [-0.2, 0) is 6.18 Å². The maximum atomic E-state index is 13.0. The molecule has 2 rings (SSSR count). The summed E-state index contributed by atoms with van der Waals surface area (Å²) in [6.07, 6.45) is -3.50. The van der Waals surface area contributed by atoms with Crippen molar-refractivity contribution in [2.45, 2.75) is 33.4 Å². The second-order valence-electron chi connectivity index (χ2n) is 5.65. The Hall–Kier alpha value is -1.53. The van der Waals surface area contributed by atoms with Crippen LogP contribution < -0.4 is 10.2 Å². The van der Waals surface area contributed by atoms with Gasteiger partial charge in [0.1, 0.15) is 5.82 Å². The molecule has 7 heteroatoms. The SMILES string of the molecule is CCNc1nc(N2CCC(C)C(C)C2)cc(C(F)(F)F)n1. The van der Waals surface area contributed by atoms with E-state index in [1.54, 1.807) is 6.92 Å². The Morgan fingerprint density at radius 2 is 2.00 bits per heavy atom. The van der Waals surface area contributed by atoms with Crippen molar-refractivity contribution >= 4 is 11.8 Å². The molecule has 1 N–H and O–H groups in total. The highest BCUT2D eigenvalue weighted by atomic mass is 19.4. The van der Waals surface area contributed by atoms with Gasteiger partial charge in [-0.25, -0.2) is 4.98 Å². The number of aromatic nitrogens is 2. The van der Waals surface area contributed by atoms with Gasteiger partial charge in [-0.2, -0.15) is 18.2 Å². The summed E-state index contributed by atoms with van der Waals surface area (Å²) in [4.78, 5) is 9.69. The number of hydrogen-bond donors (Lipinski definition) is 1. The summed E-state index contributed by atoms with van der Waals surface area (Å²) in [5, 5.41) is 2.77. The third kappa shape index (κ3) is 3.77. The zero-order valence-electron chi connectivity index (χ0n) is 12.5. The van der Waals surface area contributed by atoms with Crippen LogP contribution in [0.15, 0.2) is 6.07 Å². The molecule has 1 aromatic heterocycles. The summed E-state index contributed by atoms with van der Waals surface area (Å²) in [5.41, 5.74) is -0.894. The lowest BCUT2D eigenvalue weighted by molar-refractivity contribution is -0.141. The van der Waals surface area contributed by atoms with E-state index < -0.39 is 11.9 Å². The van der Waals surface area contributed by atoms with Crippen LogP contribution in [0.25, 0.3) is 0 Å². The molecular formula is C14H21F3N4. The van der Waals surface area contributed by atoms with Crippen molar-refractivity contribution in [1.29, 1.82) is 0 Å². The number of nitrogens with one attached hydrogen (secondary N) is 1. The Balaban J connectivity index is 2.31. The molecule has 1 fully saturated rings. The van der Waals surface area contributed by atoms with Crippen molar-refractivity contribution in [2.75, 3.05) is 29.9 Å². The van der Waals surface area contributed by atoms with Crippen LogP contribution in [0.3, 0.4) is 0 Å². The molecule has 2 unspecified atom stereocenters. The minimum atomic E-state index is -4.46. The van der Waals surface area contributed by atoms with E-state index in [9.17, 15) is 13.2 Å². The first kappa shape index (κ1) is 15.9. The summed E-state index contributed by atoms with van der Waals surface area (Å²) in [6, 6.07) is 1.05. The van der Waals surface area contributed by atoms with E-state index in [0.717, 1.165) is 25.6 Å². The normalized spacial score (nSPS) is 23.2. The average molecular weight is 302 g/mol. The van der Waals surface area contributed by atoms with Crippen LogP contribution in [-0.4, -0.2) is 29.6 Å². The van der Waals surface area contributed by atoms with Gasteiger partial charge in [0.15, 0.2) is 5.69 Å². The lowest BCUT2D eigenvalue weighted by Gasteiger charge is -2.36. The topological polar surface area (TPSA) is 41.1 Å². The number of piperidine rings is 1. The Morgan fingerprint density at radius 1 is 1.29 bits per heavy atom. The fraction of sp³-hybridized carbons (Fsp3) is 0.714. The monoisotopic (exact) mass is 302 g/mol. The van der Waals surface area contributed by atoms with Gasteiger partial charge in [0, 0.05) is 25.7 Å². The largest absolute Gasteiger partial charge is 0.433 e. The molecular weight excluding hydrogens is 281 g/mol. The molecule has 1 aliphatic rings. The zero-order valence-corrected chi connectivity index (χ0v) is 12.5. The number of hydrogen-bond acceptors (Lipinski definition) is 4. The van der Waals surface area contributed by atoms with Crippen molar-refractivity contribution in [1.82, 2.24) is 9.97 Å². The summed E-state index contributed by atoms with van der Waals surface area (Å²) >= 11 is 0. The summed E-state index contributed by atoms with van der Waals surface area (Å²) in [7, 11) is 0. The number of anilines is 2. The van der Waals surface area contributed by atoms with Crippen molar-refractivity contribution < 1.29 is 13.2 Å². The Morgan fingerprint density at radius 3 is 2.57 bits per heavy atom. The summed E-state index contributed by atoms with van der Waals surface area (Å²) in [6.45, 7) is 8.02. The third-order valence-corrected chi connectivity index (χ3v) is 4.00. The van der Waals surface area contributed by atoms with E-state index in [1.807, 2.05) is 4.90 Å². The Bertz CT molecular complexity index is 490. The lowest BCUT2D eigenvalue weighted by Crippen LogP contribution is -2.39. The quantitative estimate of drug-likeness (QED) is 0.929. The number of nitrogens with zero attached hydrogens (tertiary/aromatic N) is 3. The van der Waals surface area contributed by atoms with Crippen LogP contribution in [0.1, 0.15) is 32.9 Å². The van der Waals surface area contributed by atoms with Gasteiger partial charge in [0.25, 0.3) is 0 Å². The fourth-order valence-corrected chi connectivity index (χ4v) is 2.45. The molecule has 0 radical (unpaired) electrons. The van der Waals surface area contributed by atoms with Gasteiger partial charge < -0.3 is 10.2 Å². The maximum absolute atomic E-state index is 13.0. The van der Waals surface area contributed by atoms with Crippen LogP contribution in [0, 0.1) is 11.8 Å². The first-order chi connectivity index (χ1) is 9.81. The van der Waals surface area contributed by atoms with Gasteiger partial charge in [-0.05, 0) is 25.2 Å². The van der Waals surface area contributed by atoms with Gasteiger partial charge in [0.2, 0.25) is 5.95 Å². The zero-order chi connectivity index (χ0) is 15.6. The molecule has 4 nitrogen and oxygen atoms in total. The molecule has 0 aliphatic carbocycles. The van der Waals surface area contributed by atoms with Crippen molar-refractivity contribution in [3.8, 4) is 0 Å². The van der Waals surface area contributed by atoms with Crippen molar-refractivity contribution in [3.63, 3.8) is 0 Å². The van der Waals surface area contributed by atoms with Gasteiger partial charge in [0.05, 0.1) is 0 Å². The van der Waals surface area contributed by atoms with Gasteiger partial charge in [-0.1, -0.05) is 13.8 Å². The minimum Gasteiger partial charge on any atom is -0.356 e. The Kier molecular flexibility index (Phi) is 4.58. The minimum absolute atomic E-state index is 0.0357. The van der Waals surface area contributed by atoms with Gasteiger partial charge in [-0.3, -0.25) is 0 Å². The molecule has 0 aromatic carbocycles. The van der Waals surface area contributed by atoms with E-state index in [0.29, 0.717) is 24.2 Å². The van der Waals surface area contributed by atoms with Crippen LogP contribution >= 0.6 is 0 Å². The smallest absolute Gasteiger partial charge is 0.356 e. The standard InChI is InChI=1S/C14H21F3N4/c1-4-18-13-19-11(14(15,16)17)7-12(20-13)21-6-5-9(2)10(3)8-21/h7,9-10H,4-6,8H2,1-3H3,(H,18,19,20). The van der Waals surface area contributed by atoms with E-state index >= 15 is 0 Å². The van der Waals surface area contributed by atoms with Crippen LogP contribution in [0.4, 0.5) is 24.9 Å². The third-order valence-electron chi connectivity index (χ3n) is 4.00.